The topological polar surface area (TPSA) is 64.6 Å². The summed E-state index contributed by atoms with van der Waals surface area (Å²) in [6.45, 7) is 6.60. The second-order valence-corrected chi connectivity index (χ2v) is 6.64. The van der Waals surface area contributed by atoms with Gasteiger partial charge in [-0.15, -0.1) is 0 Å². The fraction of sp³-hybridized carbons (Fsp3) is 0.556. The van der Waals surface area contributed by atoms with E-state index in [4.69, 9.17) is 21.1 Å². The predicted octanol–water partition coefficient (Wildman–Crippen LogP) is 2.73. The van der Waals surface area contributed by atoms with Gasteiger partial charge in [-0.05, 0) is 62.4 Å². The van der Waals surface area contributed by atoms with Crippen LogP contribution in [0.15, 0.2) is 12.1 Å². The Labute approximate surface area is 147 Å². The Hall–Kier alpha value is -1.59. The predicted molar refractivity (Wildman–Crippen MR) is 92.2 cm³/mol. The molecule has 1 aromatic rings. The third kappa shape index (κ3) is 4.28. The molecule has 0 radical (unpaired) electrons. The number of ether oxygens (including phenoxy) is 2. The van der Waals surface area contributed by atoms with Gasteiger partial charge in [0.2, 0.25) is 5.91 Å². The van der Waals surface area contributed by atoms with Gasteiger partial charge in [-0.1, -0.05) is 11.6 Å². The first kappa shape index (κ1) is 18.7. The van der Waals surface area contributed by atoms with Crippen LogP contribution in [0.4, 0.5) is 0 Å². The normalized spacial score (nSPS) is 20.5. The number of carbonyl (C=O) groups excluding carboxylic acids is 2. The van der Waals surface area contributed by atoms with Crippen LogP contribution < -0.4 is 5.32 Å². The van der Waals surface area contributed by atoms with Gasteiger partial charge < -0.3 is 14.8 Å². The standard InChI is InChI=1S/C18H24ClNO4/c1-4-24-17(22)18(6-5-7-23-11-18)20-16(21)10-15-12(2)8-14(19)9-13(15)3/h8-9H,4-7,10-11H2,1-3H3,(H,20,21). The number of halogens is 1. The van der Waals surface area contributed by atoms with Gasteiger partial charge in [0, 0.05) is 11.6 Å². The largest absolute Gasteiger partial charge is 0.464 e. The highest BCUT2D eigenvalue weighted by atomic mass is 35.5. The van der Waals surface area contributed by atoms with Crippen molar-refractivity contribution in [1.82, 2.24) is 5.32 Å². The van der Waals surface area contributed by atoms with Gasteiger partial charge in [-0.2, -0.15) is 0 Å². The van der Waals surface area contributed by atoms with E-state index in [0.29, 0.717) is 24.5 Å². The first-order valence-corrected chi connectivity index (χ1v) is 8.57. The first-order chi connectivity index (χ1) is 11.4. The van der Waals surface area contributed by atoms with Gasteiger partial charge in [0.15, 0.2) is 5.54 Å². The van der Waals surface area contributed by atoms with Crippen molar-refractivity contribution < 1.29 is 19.1 Å². The van der Waals surface area contributed by atoms with Crippen LogP contribution in [0.25, 0.3) is 0 Å². The molecule has 0 aromatic heterocycles. The highest BCUT2D eigenvalue weighted by molar-refractivity contribution is 6.30. The van der Waals surface area contributed by atoms with Crippen LogP contribution in [0.1, 0.15) is 36.5 Å². The molecule has 2 rings (SSSR count). The molecule has 1 saturated heterocycles. The highest BCUT2D eigenvalue weighted by Gasteiger charge is 2.43. The van der Waals surface area contributed by atoms with E-state index in [1.54, 1.807) is 6.92 Å². The number of amides is 1. The van der Waals surface area contributed by atoms with E-state index in [2.05, 4.69) is 5.32 Å². The summed E-state index contributed by atoms with van der Waals surface area (Å²) in [4.78, 5) is 24.9. The van der Waals surface area contributed by atoms with E-state index >= 15 is 0 Å². The molecule has 0 aliphatic carbocycles. The van der Waals surface area contributed by atoms with Crippen LogP contribution in [0, 0.1) is 13.8 Å². The zero-order valence-electron chi connectivity index (χ0n) is 14.4. The fourth-order valence-corrected chi connectivity index (χ4v) is 3.39. The van der Waals surface area contributed by atoms with E-state index in [9.17, 15) is 9.59 Å². The van der Waals surface area contributed by atoms with Gasteiger partial charge in [0.1, 0.15) is 0 Å². The number of hydrogen-bond donors (Lipinski definition) is 1. The molecule has 0 spiro atoms. The molecule has 0 saturated carbocycles. The Morgan fingerprint density at radius 1 is 1.33 bits per heavy atom. The number of aryl methyl sites for hydroxylation is 2. The van der Waals surface area contributed by atoms with Crippen LogP contribution in [0.2, 0.25) is 5.02 Å². The average Bonchev–Trinajstić information content (AvgIpc) is 2.52. The van der Waals surface area contributed by atoms with Crippen LogP contribution in [0.3, 0.4) is 0 Å². The maximum Gasteiger partial charge on any atom is 0.334 e. The maximum absolute atomic E-state index is 12.6. The fourth-order valence-electron chi connectivity index (χ4n) is 3.07. The Balaban J connectivity index is 2.15. The number of benzene rings is 1. The molecule has 1 aliphatic rings. The van der Waals surface area contributed by atoms with E-state index in [-0.39, 0.29) is 25.5 Å². The molecule has 1 aromatic carbocycles. The number of esters is 1. The molecule has 6 heteroatoms. The van der Waals surface area contributed by atoms with Gasteiger partial charge >= 0.3 is 5.97 Å². The van der Waals surface area contributed by atoms with E-state index < -0.39 is 11.5 Å². The minimum absolute atomic E-state index is 0.149. The summed E-state index contributed by atoms with van der Waals surface area (Å²) in [6, 6.07) is 3.67. The Morgan fingerprint density at radius 2 is 2.00 bits per heavy atom. The summed E-state index contributed by atoms with van der Waals surface area (Å²) in [6.07, 6.45) is 1.42. The second-order valence-electron chi connectivity index (χ2n) is 6.20. The van der Waals surface area contributed by atoms with Crippen LogP contribution in [0.5, 0.6) is 0 Å². The lowest BCUT2D eigenvalue weighted by Gasteiger charge is -2.35. The molecule has 0 bridgehead atoms. The molecular formula is C18H24ClNO4. The molecule has 1 fully saturated rings. The zero-order valence-corrected chi connectivity index (χ0v) is 15.2. The van der Waals surface area contributed by atoms with Crippen molar-refractivity contribution in [1.29, 1.82) is 0 Å². The number of nitrogens with one attached hydrogen (secondary N) is 1. The third-order valence-corrected chi connectivity index (χ3v) is 4.50. The lowest BCUT2D eigenvalue weighted by Crippen LogP contribution is -2.60. The van der Waals surface area contributed by atoms with Crippen molar-refractivity contribution in [2.45, 2.75) is 45.6 Å². The molecule has 1 atom stereocenters. The average molecular weight is 354 g/mol. The smallest absolute Gasteiger partial charge is 0.334 e. The summed E-state index contributed by atoms with van der Waals surface area (Å²) in [5.41, 5.74) is 1.76. The van der Waals surface area contributed by atoms with E-state index in [1.807, 2.05) is 26.0 Å². The van der Waals surface area contributed by atoms with Gasteiger partial charge in [0.25, 0.3) is 0 Å². The lowest BCUT2D eigenvalue weighted by atomic mass is 9.91. The third-order valence-electron chi connectivity index (χ3n) is 4.28. The molecule has 24 heavy (non-hydrogen) atoms. The maximum atomic E-state index is 12.6. The number of hydrogen-bond acceptors (Lipinski definition) is 4. The van der Waals surface area contributed by atoms with Crippen LogP contribution in [-0.4, -0.2) is 37.2 Å². The van der Waals surface area contributed by atoms with Crippen LogP contribution in [-0.2, 0) is 25.5 Å². The molecule has 1 amide bonds. The Morgan fingerprint density at radius 3 is 2.54 bits per heavy atom. The Kier molecular flexibility index (Phi) is 6.24. The molecule has 1 heterocycles. The van der Waals surface area contributed by atoms with Crippen molar-refractivity contribution in [2.75, 3.05) is 19.8 Å². The van der Waals surface area contributed by atoms with Crippen molar-refractivity contribution in [3.63, 3.8) is 0 Å². The van der Waals surface area contributed by atoms with Crippen molar-refractivity contribution in [3.05, 3.63) is 33.8 Å². The molecule has 132 valence electrons. The van der Waals surface area contributed by atoms with E-state index in [1.165, 1.54) is 0 Å². The highest BCUT2D eigenvalue weighted by Crippen LogP contribution is 2.23. The van der Waals surface area contributed by atoms with Crippen molar-refractivity contribution >= 4 is 23.5 Å². The van der Waals surface area contributed by atoms with Gasteiger partial charge in [0.05, 0.1) is 19.6 Å². The minimum Gasteiger partial charge on any atom is -0.464 e. The second kappa shape index (κ2) is 7.99. The summed E-state index contributed by atoms with van der Waals surface area (Å²) in [5.74, 6) is -0.648. The van der Waals surface area contributed by atoms with Crippen molar-refractivity contribution in [2.24, 2.45) is 0 Å². The molecule has 1 unspecified atom stereocenters. The quantitative estimate of drug-likeness (QED) is 0.827. The number of rotatable bonds is 5. The van der Waals surface area contributed by atoms with Gasteiger partial charge in [-0.3, -0.25) is 4.79 Å². The number of carbonyl (C=O) groups is 2. The summed E-state index contributed by atoms with van der Waals surface area (Å²) in [7, 11) is 0. The summed E-state index contributed by atoms with van der Waals surface area (Å²) < 4.78 is 10.6. The van der Waals surface area contributed by atoms with E-state index in [0.717, 1.165) is 16.7 Å². The van der Waals surface area contributed by atoms with Crippen LogP contribution >= 0.6 is 11.6 Å². The van der Waals surface area contributed by atoms with Crippen molar-refractivity contribution in [3.8, 4) is 0 Å². The lowest BCUT2D eigenvalue weighted by molar-refractivity contribution is -0.159. The first-order valence-electron chi connectivity index (χ1n) is 8.19. The zero-order chi connectivity index (χ0) is 17.7. The molecule has 1 N–H and O–H groups in total. The SMILES string of the molecule is CCOC(=O)C1(NC(=O)Cc2c(C)cc(Cl)cc2C)CCCOC1. The minimum atomic E-state index is -1.08. The molecule has 1 aliphatic heterocycles. The summed E-state index contributed by atoms with van der Waals surface area (Å²) in [5, 5.41) is 3.51. The summed E-state index contributed by atoms with van der Waals surface area (Å²) >= 11 is 6.03. The Bertz CT molecular complexity index is 600. The molecular weight excluding hydrogens is 330 g/mol. The monoisotopic (exact) mass is 353 g/mol. The molecule has 5 nitrogen and oxygen atoms in total. The van der Waals surface area contributed by atoms with Gasteiger partial charge in [-0.25, -0.2) is 4.79 Å².